The molecule has 1 fully saturated rings. The molecule has 1 atom stereocenters. The monoisotopic (exact) mass is 304 g/mol. The summed E-state index contributed by atoms with van der Waals surface area (Å²) in [5, 5.41) is 0.466. The molecule has 0 spiro atoms. The molecule has 2 aromatic rings. The zero-order chi connectivity index (χ0) is 14.7. The van der Waals surface area contributed by atoms with Crippen LogP contribution in [-0.4, -0.2) is 45.0 Å². The minimum absolute atomic E-state index is 0.0856. The van der Waals surface area contributed by atoms with E-state index in [2.05, 4.69) is 15.0 Å². The number of carbonyl (C=O) groups excluding carboxylic acids is 1. The van der Waals surface area contributed by atoms with Gasteiger partial charge in [-0.3, -0.25) is 9.78 Å². The summed E-state index contributed by atoms with van der Waals surface area (Å²) in [6, 6.07) is 3.39. The first-order chi connectivity index (χ1) is 10.2. The van der Waals surface area contributed by atoms with Crippen molar-refractivity contribution in [1.29, 1.82) is 0 Å². The molecule has 0 radical (unpaired) electrons. The minimum Gasteiger partial charge on any atom is -0.487 e. The van der Waals surface area contributed by atoms with Crippen molar-refractivity contribution in [2.45, 2.75) is 12.5 Å². The highest BCUT2D eigenvalue weighted by molar-refractivity contribution is 6.31. The van der Waals surface area contributed by atoms with Crippen LogP contribution in [0.25, 0.3) is 0 Å². The quantitative estimate of drug-likeness (QED) is 0.865. The van der Waals surface area contributed by atoms with Crippen LogP contribution in [0.5, 0.6) is 5.75 Å². The van der Waals surface area contributed by atoms with E-state index < -0.39 is 0 Å². The van der Waals surface area contributed by atoms with Crippen LogP contribution in [0.3, 0.4) is 0 Å². The Bertz CT molecular complexity index is 638. The summed E-state index contributed by atoms with van der Waals surface area (Å²) >= 11 is 6.01. The van der Waals surface area contributed by atoms with Gasteiger partial charge in [0.2, 0.25) is 5.82 Å². The van der Waals surface area contributed by atoms with Crippen LogP contribution >= 0.6 is 11.6 Å². The Morgan fingerprint density at radius 1 is 1.33 bits per heavy atom. The molecule has 108 valence electrons. The molecule has 3 rings (SSSR count). The molecule has 0 unspecified atom stereocenters. The zero-order valence-corrected chi connectivity index (χ0v) is 11.9. The lowest BCUT2D eigenvalue weighted by Crippen LogP contribution is -2.32. The normalized spacial score (nSPS) is 17.8. The summed E-state index contributed by atoms with van der Waals surface area (Å²) in [7, 11) is 0. The molecule has 1 aliphatic rings. The predicted octanol–water partition coefficient (Wildman–Crippen LogP) is 1.82. The maximum atomic E-state index is 12.2. The van der Waals surface area contributed by atoms with Crippen molar-refractivity contribution in [3.05, 3.63) is 47.8 Å². The highest BCUT2D eigenvalue weighted by atomic mass is 35.5. The third-order valence-electron chi connectivity index (χ3n) is 3.22. The van der Waals surface area contributed by atoms with Crippen molar-refractivity contribution in [2.75, 3.05) is 13.1 Å². The van der Waals surface area contributed by atoms with Crippen molar-refractivity contribution in [1.82, 2.24) is 19.9 Å². The smallest absolute Gasteiger partial charge is 0.291 e. The van der Waals surface area contributed by atoms with E-state index in [9.17, 15) is 4.79 Å². The number of hydrogen-bond acceptors (Lipinski definition) is 5. The zero-order valence-electron chi connectivity index (χ0n) is 11.1. The number of ether oxygens (including phenoxy) is 1. The number of halogens is 1. The molecule has 1 aliphatic heterocycles. The summed E-state index contributed by atoms with van der Waals surface area (Å²) in [6.07, 6.45) is 6.93. The average molecular weight is 305 g/mol. The number of amides is 1. The molecule has 0 saturated carbocycles. The van der Waals surface area contributed by atoms with Gasteiger partial charge in [-0.2, -0.15) is 0 Å². The number of nitrogens with zero attached hydrogens (tertiary/aromatic N) is 4. The Morgan fingerprint density at radius 2 is 2.14 bits per heavy atom. The molecule has 0 bridgehead atoms. The Kier molecular flexibility index (Phi) is 3.96. The van der Waals surface area contributed by atoms with Crippen LogP contribution < -0.4 is 4.74 Å². The van der Waals surface area contributed by atoms with Crippen molar-refractivity contribution in [3.63, 3.8) is 0 Å². The fourth-order valence-electron chi connectivity index (χ4n) is 2.20. The predicted molar refractivity (Wildman–Crippen MR) is 76.2 cm³/mol. The molecule has 6 nitrogen and oxygen atoms in total. The summed E-state index contributed by atoms with van der Waals surface area (Å²) in [4.78, 5) is 25.8. The van der Waals surface area contributed by atoms with Gasteiger partial charge in [0.15, 0.2) is 0 Å². The van der Waals surface area contributed by atoms with Crippen LogP contribution in [0.1, 0.15) is 17.0 Å². The molecule has 0 aromatic carbocycles. The number of likely N-dealkylation sites (tertiary alicyclic amines) is 1. The molecule has 3 heterocycles. The second kappa shape index (κ2) is 6.05. The summed E-state index contributed by atoms with van der Waals surface area (Å²) in [6.45, 7) is 1.11. The first-order valence-electron chi connectivity index (χ1n) is 6.56. The molecule has 7 heteroatoms. The summed E-state index contributed by atoms with van der Waals surface area (Å²) in [5.74, 6) is 0.615. The number of pyridine rings is 1. The van der Waals surface area contributed by atoms with Gasteiger partial charge in [-0.25, -0.2) is 9.97 Å². The van der Waals surface area contributed by atoms with Crippen LogP contribution in [-0.2, 0) is 0 Å². The van der Waals surface area contributed by atoms with E-state index in [0.717, 1.165) is 6.42 Å². The second-order valence-corrected chi connectivity index (χ2v) is 5.07. The van der Waals surface area contributed by atoms with Gasteiger partial charge < -0.3 is 9.64 Å². The molecular formula is C14H13ClN4O2. The summed E-state index contributed by atoms with van der Waals surface area (Å²) in [5.41, 5.74) is 0. The van der Waals surface area contributed by atoms with Gasteiger partial charge in [-0.15, -0.1) is 0 Å². The van der Waals surface area contributed by atoms with Crippen LogP contribution in [0.4, 0.5) is 0 Å². The number of aromatic nitrogens is 3. The van der Waals surface area contributed by atoms with Crippen LogP contribution in [0.2, 0.25) is 5.02 Å². The maximum absolute atomic E-state index is 12.2. The third kappa shape index (κ3) is 3.11. The third-order valence-corrected chi connectivity index (χ3v) is 3.50. The van der Waals surface area contributed by atoms with E-state index in [1.165, 1.54) is 6.20 Å². The van der Waals surface area contributed by atoms with E-state index in [-0.39, 0.29) is 17.8 Å². The highest BCUT2D eigenvalue weighted by Crippen LogP contribution is 2.25. The minimum atomic E-state index is -0.178. The molecule has 1 amide bonds. The largest absolute Gasteiger partial charge is 0.487 e. The number of carbonyl (C=O) groups is 1. The molecule has 2 aromatic heterocycles. The van der Waals surface area contributed by atoms with E-state index in [1.807, 2.05) is 0 Å². The maximum Gasteiger partial charge on any atom is 0.291 e. The lowest BCUT2D eigenvalue weighted by Gasteiger charge is -2.16. The van der Waals surface area contributed by atoms with E-state index >= 15 is 0 Å². The SMILES string of the molecule is O=C(c1ncccn1)N1CC[C@@H](Oc2ccncc2Cl)C1. The van der Waals surface area contributed by atoms with E-state index in [0.29, 0.717) is 23.9 Å². The fourth-order valence-corrected chi connectivity index (χ4v) is 2.36. The Hall–Kier alpha value is -2.21. The standard InChI is InChI=1S/C14H13ClN4O2/c15-11-8-16-6-2-12(11)21-10-3-7-19(9-10)14(20)13-17-4-1-5-18-13/h1-2,4-6,8,10H,3,7,9H2/t10-/m1/s1. The Labute approximate surface area is 126 Å². The second-order valence-electron chi connectivity index (χ2n) is 4.66. The van der Waals surface area contributed by atoms with Crippen LogP contribution in [0.15, 0.2) is 36.9 Å². The van der Waals surface area contributed by atoms with Gasteiger partial charge in [0, 0.05) is 43.8 Å². The van der Waals surface area contributed by atoms with Gasteiger partial charge in [-0.1, -0.05) is 11.6 Å². The topological polar surface area (TPSA) is 68.2 Å². The van der Waals surface area contributed by atoms with Crippen molar-refractivity contribution in [2.24, 2.45) is 0 Å². The molecular weight excluding hydrogens is 292 g/mol. The van der Waals surface area contributed by atoms with E-state index in [1.54, 1.807) is 35.6 Å². The first kappa shape index (κ1) is 13.8. The number of rotatable bonds is 3. The van der Waals surface area contributed by atoms with Gasteiger partial charge in [0.25, 0.3) is 5.91 Å². The van der Waals surface area contributed by atoms with Crippen molar-refractivity contribution < 1.29 is 9.53 Å². The van der Waals surface area contributed by atoms with Gasteiger partial charge in [-0.05, 0) is 6.07 Å². The molecule has 0 N–H and O–H groups in total. The average Bonchev–Trinajstić information content (AvgIpc) is 2.98. The van der Waals surface area contributed by atoms with Gasteiger partial charge >= 0.3 is 0 Å². The van der Waals surface area contributed by atoms with Crippen LogP contribution in [0, 0.1) is 0 Å². The number of hydrogen-bond donors (Lipinski definition) is 0. The fraction of sp³-hybridized carbons (Fsp3) is 0.286. The first-order valence-corrected chi connectivity index (χ1v) is 6.94. The lowest BCUT2D eigenvalue weighted by atomic mass is 10.3. The lowest BCUT2D eigenvalue weighted by molar-refractivity contribution is 0.0760. The molecule has 1 saturated heterocycles. The highest BCUT2D eigenvalue weighted by Gasteiger charge is 2.29. The van der Waals surface area contributed by atoms with Gasteiger partial charge in [0.1, 0.15) is 16.9 Å². The van der Waals surface area contributed by atoms with Gasteiger partial charge in [0.05, 0.1) is 6.54 Å². The molecule has 0 aliphatic carbocycles. The van der Waals surface area contributed by atoms with Crippen molar-refractivity contribution in [3.8, 4) is 5.75 Å². The summed E-state index contributed by atoms with van der Waals surface area (Å²) < 4.78 is 5.82. The van der Waals surface area contributed by atoms with Crippen molar-refractivity contribution >= 4 is 17.5 Å². The van der Waals surface area contributed by atoms with E-state index in [4.69, 9.17) is 16.3 Å². The Balaban J connectivity index is 1.63. The Morgan fingerprint density at radius 3 is 2.90 bits per heavy atom. The molecule has 21 heavy (non-hydrogen) atoms.